The van der Waals surface area contributed by atoms with E-state index in [9.17, 15) is 4.79 Å². The van der Waals surface area contributed by atoms with Gasteiger partial charge in [-0.1, -0.05) is 6.92 Å². The number of nitrogens with zero attached hydrogens (tertiary/aromatic N) is 2. The molecule has 2 aliphatic rings. The number of rotatable bonds is 0. The van der Waals surface area contributed by atoms with Crippen LogP contribution in [-0.4, -0.2) is 42.0 Å². The van der Waals surface area contributed by atoms with Gasteiger partial charge in [-0.25, -0.2) is 4.79 Å². The van der Waals surface area contributed by atoms with E-state index in [1.807, 2.05) is 16.8 Å². The fraction of sp³-hybridized carbons (Fsp3) is 0.889. The van der Waals surface area contributed by atoms with E-state index >= 15 is 0 Å². The summed E-state index contributed by atoms with van der Waals surface area (Å²) in [4.78, 5) is 15.5. The van der Waals surface area contributed by atoms with Crippen molar-refractivity contribution in [2.75, 3.05) is 20.1 Å². The molecule has 2 rings (SSSR count). The van der Waals surface area contributed by atoms with Gasteiger partial charge in [0.05, 0.1) is 0 Å². The summed E-state index contributed by atoms with van der Waals surface area (Å²) in [6.45, 7) is 4.13. The van der Waals surface area contributed by atoms with E-state index < -0.39 is 0 Å². The van der Waals surface area contributed by atoms with E-state index in [-0.39, 0.29) is 6.03 Å². The number of hydrogen-bond donors (Lipinski definition) is 0. The van der Waals surface area contributed by atoms with Gasteiger partial charge in [0.2, 0.25) is 0 Å². The van der Waals surface area contributed by atoms with Crippen molar-refractivity contribution < 1.29 is 4.79 Å². The molecule has 3 nitrogen and oxygen atoms in total. The predicted molar refractivity (Wildman–Crippen MR) is 46.9 cm³/mol. The van der Waals surface area contributed by atoms with Crippen LogP contribution in [0, 0.1) is 5.92 Å². The molecule has 2 fully saturated rings. The fourth-order valence-corrected chi connectivity index (χ4v) is 2.32. The van der Waals surface area contributed by atoms with Gasteiger partial charge in [-0.05, 0) is 18.8 Å². The standard InChI is InChI=1S/C9H16N2O/c1-7-5-8-3-4-10(2)9(12)11(8)6-7/h7-8H,3-6H2,1-2H3. The topological polar surface area (TPSA) is 23.6 Å². The zero-order valence-corrected chi connectivity index (χ0v) is 7.79. The normalized spacial score (nSPS) is 35.7. The van der Waals surface area contributed by atoms with Crippen molar-refractivity contribution in [2.24, 2.45) is 5.92 Å². The van der Waals surface area contributed by atoms with Gasteiger partial charge in [0.15, 0.2) is 0 Å². The van der Waals surface area contributed by atoms with E-state index in [2.05, 4.69) is 6.92 Å². The van der Waals surface area contributed by atoms with Crippen molar-refractivity contribution in [2.45, 2.75) is 25.8 Å². The van der Waals surface area contributed by atoms with Crippen LogP contribution < -0.4 is 0 Å². The van der Waals surface area contributed by atoms with Gasteiger partial charge in [-0.15, -0.1) is 0 Å². The molecular formula is C9H16N2O. The molecule has 2 heterocycles. The maximum atomic E-state index is 11.6. The molecule has 2 amide bonds. The smallest absolute Gasteiger partial charge is 0.320 e. The van der Waals surface area contributed by atoms with Crippen LogP contribution in [0.2, 0.25) is 0 Å². The molecule has 0 radical (unpaired) electrons. The van der Waals surface area contributed by atoms with E-state index in [1.54, 1.807) is 0 Å². The summed E-state index contributed by atoms with van der Waals surface area (Å²) in [7, 11) is 1.89. The largest absolute Gasteiger partial charge is 0.328 e. The lowest BCUT2D eigenvalue weighted by atomic mass is 10.1. The molecule has 0 aromatic heterocycles. The van der Waals surface area contributed by atoms with Crippen LogP contribution in [0.5, 0.6) is 0 Å². The molecule has 12 heavy (non-hydrogen) atoms. The Hall–Kier alpha value is -0.730. The molecule has 0 spiro atoms. The van der Waals surface area contributed by atoms with Gasteiger partial charge in [0.1, 0.15) is 0 Å². The first kappa shape index (κ1) is 7.90. The molecular weight excluding hydrogens is 152 g/mol. The highest BCUT2D eigenvalue weighted by atomic mass is 16.2. The maximum Gasteiger partial charge on any atom is 0.320 e. The second kappa shape index (κ2) is 2.64. The summed E-state index contributed by atoms with van der Waals surface area (Å²) in [6, 6.07) is 0.777. The highest BCUT2D eigenvalue weighted by molar-refractivity contribution is 5.75. The highest BCUT2D eigenvalue weighted by Gasteiger charge is 2.37. The number of hydrogen-bond acceptors (Lipinski definition) is 1. The summed E-state index contributed by atoms with van der Waals surface area (Å²) >= 11 is 0. The van der Waals surface area contributed by atoms with Crippen molar-refractivity contribution in [3.8, 4) is 0 Å². The van der Waals surface area contributed by atoms with Crippen molar-refractivity contribution in [1.29, 1.82) is 0 Å². The van der Waals surface area contributed by atoms with Crippen LogP contribution >= 0.6 is 0 Å². The molecule has 0 aliphatic carbocycles. The van der Waals surface area contributed by atoms with Gasteiger partial charge >= 0.3 is 6.03 Å². The molecule has 0 saturated carbocycles. The average molecular weight is 168 g/mol. The number of carbonyl (C=O) groups is 1. The SMILES string of the molecule is CC1CC2CCN(C)C(=O)N2C1. The third-order valence-corrected chi connectivity index (χ3v) is 2.99. The number of amides is 2. The Morgan fingerprint density at radius 3 is 3.00 bits per heavy atom. The molecule has 2 atom stereocenters. The Bertz CT molecular complexity index is 205. The Morgan fingerprint density at radius 1 is 1.50 bits per heavy atom. The summed E-state index contributed by atoms with van der Waals surface area (Å²) in [5, 5.41) is 0. The second-order valence-electron chi connectivity index (χ2n) is 4.14. The minimum atomic E-state index is 0.232. The first-order chi connectivity index (χ1) is 5.68. The molecule has 0 aromatic carbocycles. The number of urea groups is 1. The molecule has 0 aromatic rings. The van der Waals surface area contributed by atoms with Gasteiger partial charge in [-0.3, -0.25) is 0 Å². The molecule has 68 valence electrons. The quantitative estimate of drug-likeness (QED) is 0.532. The Balaban J connectivity index is 2.11. The van der Waals surface area contributed by atoms with Crippen molar-refractivity contribution >= 4 is 6.03 Å². The first-order valence-corrected chi connectivity index (χ1v) is 4.70. The van der Waals surface area contributed by atoms with Crippen LogP contribution in [-0.2, 0) is 0 Å². The molecule has 2 saturated heterocycles. The van der Waals surface area contributed by atoms with E-state index in [4.69, 9.17) is 0 Å². The van der Waals surface area contributed by atoms with Crippen molar-refractivity contribution in [3.63, 3.8) is 0 Å². The Labute approximate surface area is 73.3 Å². The lowest BCUT2D eigenvalue weighted by molar-refractivity contribution is 0.128. The lowest BCUT2D eigenvalue weighted by Gasteiger charge is -2.35. The Morgan fingerprint density at radius 2 is 2.25 bits per heavy atom. The van der Waals surface area contributed by atoms with E-state index in [0.29, 0.717) is 12.0 Å². The lowest BCUT2D eigenvalue weighted by Crippen LogP contribution is -2.49. The first-order valence-electron chi connectivity index (χ1n) is 4.70. The average Bonchev–Trinajstić information content (AvgIpc) is 2.39. The molecule has 2 unspecified atom stereocenters. The predicted octanol–water partition coefficient (Wildman–Crippen LogP) is 1.15. The van der Waals surface area contributed by atoms with Gasteiger partial charge in [-0.2, -0.15) is 0 Å². The van der Waals surface area contributed by atoms with Crippen LogP contribution in [0.4, 0.5) is 4.79 Å². The number of fused-ring (bicyclic) bond motifs is 1. The van der Waals surface area contributed by atoms with Gasteiger partial charge < -0.3 is 9.80 Å². The summed E-state index contributed by atoms with van der Waals surface area (Å²) in [5.74, 6) is 0.699. The monoisotopic (exact) mass is 168 g/mol. The third-order valence-electron chi connectivity index (χ3n) is 2.99. The highest BCUT2D eigenvalue weighted by Crippen LogP contribution is 2.28. The minimum Gasteiger partial charge on any atom is -0.328 e. The molecule has 0 bridgehead atoms. The summed E-state index contributed by atoms with van der Waals surface area (Å²) in [6.07, 6.45) is 2.37. The Kier molecular flexibility index (Phi) is 1.74. The van der Waals surface area contributed by atoms with Crippen molar-refractivity contribution in [1.82, 2.24) is 9.80 Å². The van der Waals surface area contributed by atoms with E-state index in [1.165, 1.54) is 6.42 Å². The summed E-state index contributed by atoms with van der Waals surface area (Å²) < 4.78 is 0. The molecule has 2 aliphatic heterocycles. The van der Waals surface area contributed by atoms with Crippen LogP contribution in [0.25, 0.3) is 0 Å². The van der Waals surface area contributed by atoms with Crippen LogP contribution in [0.1, 0.15) is 19.8 Å². The molecule has 0 N–H and O–H groups in total. The zero-order valence-electron chi connectivity index (χ0n) is 7.79. The van der Waals surface area contributed by atoms with E-state index in [0.717, 1.165) is 19.5 Å². The second-order valence-corrected chi connectivity index (χ2v) is 4.14. The third kappa shape index (κ3) is 1.08. The maximum absolute atomic E-state index is 11.6. The fourth-order valence-electron chi connectivity index (χ4n) is 2.32. The van der Waals surface area contributed by atoms with Gasteiger partial charge in [0, 0.05) is 26.2 Å². The molecule has 3 heteroatoms. The van der Waals surface area contributed by atoms with Gasteiger partial charge in [0.25, 0.3) is 0 Å². The summed E-state index contributed by atoms with van der Waals surface area (Å²) in [5.41, 5.74) is 0. The minimum absolute atomic E-state index is 0.232. The zero-order chi connectivity index (χ0) is 8.72. The van der Waals surface area contributed by atoms with Crippen LogP contribution in [0.3, 0.4) is 0 Å². The van der Waals surface area contributed by atoms with Crippen LogP contribution in [0.15, 0.2) is 0 Å². The van der Waals surface area contributed by atoms with Crippen molar-refractivity contribution in [3.05, 3.63) is 0 Å². The number of carbonyl (C=O) groups excluding carboxylic acids is 1.